The van der Waals surface area contributed by atoms with E-state index in [1.807, 2.05) is 0 Å². The summed E-state index contributed by atoms with van der Waals surface area (Å²) in [5, 5.41) is 7.60. The molecule has 0 amide bonds. The smallest absolute Gasteiger partial charge is 0.192 e. The van der Waals surface area contributed by atoms with E-state index >= 15 is 0 Å². The molecule has 1 aromatic rings. The van der Waals surface area contributed by atoms with E-state index in [0.29, 0.717) is 17.4 Å². The Morgan fingerprint density at radius 3 is 2.76 bits per heavy atom. The SMILES string of the molecule is COC1CC=C(CNC(CCc2ccccc2)NC(Cl)=NC2CC=CCC2)CC1. The Kier molecular flexibility index (Phi) is 9.26. The van der Waals surface area contributed by atoms with Crippen molar-refractivity contribution < 1.29 is 4.74 Å². The highest BCUT2D eigenvalue weighted by Crippen LogP contribution is 2.20. The van der Waals surface area contributed by atoms with Gasteiger partial charge in [0, 0.05) is 13.7 Å². The number of rotatable bonds is 9. The van der Waals surface area contributed by atoms with E-state index in [1.54, 1.807) is 7.11 Å². The number of ether oxygens (including phenoxy) is 1. The van der Waals surface area contributed by atoms with Gasteiger partial charge in [-0.25, -0.2) is 0 Å². The topological polar surface area (TPSA) is 45.6 Å². The predicted molar refractivity (Wildman–Crippen MR) is 122 cm³/mol. The third-order valence-corrected chi connectivity index (χ3v) is 5.97. The maximum absolute atomic E-state index is 6.49. The Morgan fingerprint density at radius 1 is 1.21 bits per heavy atom. The maximum atomic E-state index is 6.49. The largest absolute Gasteiger partial charge is 0.381 e. The van der Waals surface area contributed by atoms with Crippen molar-refractivity contribution in [3.05, 3.63) is 59.7 Å². The Labute approximate surface area is 180 Å². The van der Waals surface area contributed by atoms with Crippen LogP contribution in [0.4, 0.5) is 0 Å². The highest BCUT2D eigenvalue weighted by Gasteiger charge is 2.16. The average molecular weight is 416 g/mol. The molecule has 2 aliphatic carbocycles. The molecule has 0 saturated heterocycles. The van der Waals surface area contributed by atoms with Crippen molar-refractivity contribution in [2.75, 3.05) is 13.7 Å². The number of hydrogen-bond acceptors (Lipinski definition) is 3. The second-order valence-corrected chi connectivity index (χ2v) is 8.31. The van der Waals surface area contributed by atoms with Crippen molar-refractivity contribution in [3.63, 3.8) is 0 Å². The summed E-state index contributed by atoms with van der Waals surface area (Å²) < 4.78 is 5.46. The minimum atomic E-state index is 0.0895. The van der Waals surface area contributed by atoms with Crippen LogP contribution in [0, 0.1) is 0 Å². The van der Waals surface area contributed by atoms with Gasteiger partial charge in [-0.15, -0.1) is 0 Å². The summed E-state index contributed by atoms with van der Waals surface area (Å²) in [5.74, 6) is 0. The van der Waals surface area contributed by atoms with Crippen molar-refractivity contribution in [2.24, 2.45) is 4.99 Å². The first kappa shape index (κ1) is 22.1. The third kappa shape index (κ3) is 7.96. The van der Waals surface area contributed by atoms with Gasteiger partial charge in [-0.1, -0.05) is 54.1 Å². The van der Waals surface area contributed by atoms with Crippen LogP contribution in [-0.2, 0) is 11.2 Å². The van der Waals surface area contributed by atoms with Crippen LogP contribution < -0.4 is 10.6 Å². The highest BCUT2D eigenvalue weighted by molar-refractivity contribution is 6.64. The first-order valence-corrected chi connectivity index (χ1v) is 11.2. The number of nitrogens with one attached hydrogen (secondary N) is 2. The molecular weight excluding hydrogens is 382 g/mol. The molecule has 3 rings (SSSR count). The van der Waals surface area contributed by atoms with Crippen LogP contribution in [0.5, 0.6) is 0 Å². The number of aliphatic imine (C=N–C) groups is 1. The van der Waals surface area contributed by atoms with Crippen LogP contribution in [0.2, 0.25) is 0 Å². The normalized spacial score (nSPS) is 23.5. The summed E-state index contributed by atoms with van der Waals surface area (Å²) in [7, 11) is 1.80. The number of allylic oxidation sites excluding steroid dienone is 1. The van der Waals surface area contributed by atoms with E-state index in [2.05, 4.69) is 59.2 Å². The van der Waals surface area contributed by atoms with Crippen LogP contribution in [0.15, 0.2) is 59.1 Å². The first-order valence-electron chi connectivity index (χ1n) is 10.9. The van der Waals surface area contributed by atoms with Gasteiger partial charge in [0.15, 0.2) is 5.29 Å². The molecule has 0 fully saturated rings. The van der Waals surface area contributed by atoms with E-state index in [1.165, 1.54) is 11.1 Å². The lowest BCUT2D eigenvalue weighted by Crippen LogP contribution is -2.45. The third-order valence-electron chi connectivity index (χ3n) is 5.76. The first-order chi connectivity index (χ1) is 14.2. The highest BCUT2D eigenvalue weighted by atomic mass is 35.5. The fourth-order valence-corrected chi connectivity index (χ4v) is 4.18. The van der Waals surface area contributed by atoms with Crippen LogP contribution in [0.25, 0.3) is 0 Å². The van der Waals surface area contributed by atoms with Crippen LogP contribution in [0.3, 0.4) is 0 Å². The molecule has 2 aliphatic rings. The number of benzene rings is 1. The quantitative estimate of drug-likeness (QED) is 0.197. The van der Waals surface area contributed by atoms with Crippen LogP contribution >= 0.6 is 11.6 Å². The van der Waals surface area contributed by atoms with Gasteiger partial charge >= 0.3 is 0 Å². The van der Waals surface area contributed by atoms with Crippen molar-refractivity contribution in [1.29, 1.82) is 0 Å². The van der Waals surface area contributed by atoms with Crippen molar-refractivity contribution in [1.82, 2.24) is 10.6 Å². The van der Waals surface area contributed by atoms with E-state index in [9.17, 15) is 0 Å². The van der Waals surface area contributed by atoms with Gasteiger partial charge in [0.05, 0.1) is 18.3 Å². The Bertz CT molecular complexity index is 701. The summed E-state index contributed by atoms with van der Waals surface area (Å²) in [5.41, 5.74) is 2.79. The number of hydrogen-bond donors (Lipinski definition) is 2. The summed E-state index contributed by atoms with van der Waals surface area (Å²) in [6.45, 7) is 0.874. The van der Waals surface area contributed by atoms with E-state index in [0.717, 1.165) is 57.9 Å². The zero-order chi connectivity index (χ0) is 20.3. The molecule has 0 aliphatic heterocycles. The lowest BCUT2D eigenvalue weighted by molar-refractivity contribution is 0.0937. The standard InChI is InChI=1S/C24H34ClN3O/c1-29-22-15-12-20(13-16-22)18-26-23(17-14-19-8-4-2-5-9-19)28-24(25)27-21-10-6-3-7-11-21/h2-6,8-9,12,21-23,26H,7,10-11,13-18H2,1H3,(H,27,28). The molecule has 3 unspecified atom stereocenters. The summed E-state index contributed by atoms with van der Waals surface area (Å²) in [4.78, 5) is 4.70. The Balaban J connectivity index is 1.55. The van der Waals surface area contributed by atoms with Gasteiger partial charge in [0.1, 0.15) is 0 Å². The molecule has 29 heavy (non-hydrogen) atoms. The maximum Gasteiger partial charge on any atom is 0.192 e. The molecule has 4 nitrogen and oxygen atoms in total. The van der Waals surface area contributed by atoms with Crippen LogP contribution in [-0.4, -0.2) is 37.3 Å². The Morgan fingerprint density at radius 2 is 2.07 bits per heavy atom. The average Bonchev–Trinajstić information content (AvgIpc) is 2.77. The van der Waals surface area contributed by atoms with Crippen molar-refractivity contribution in [3.8, 4) is 0 Å². The summed E-state index contributed by atoms with van der Waals surface area (Å²) >= 11 is 6.49. The second-order valence-electron chi connectivity index (χ2n) is 7.95. The lowest BCUT2D eigenvalue weighted by Gasteiger charge is -2.25. The lowest BCUT2D eigenvalue weighted by atomic mass is 9.97. The summed E-state index contributed by atoms with van der Waals surface area (Å²) in [6.07, 6.45) is 15.5. The second kappa shape index (κ2) is 12.2. The van der Waals surface area contributed by atoms with Gasteiger partial charge in [0.25, 0.3) is 0 Å². The fraction of sp³-hybridized carbons (Fsp3) is 0.542. The van der Waals surface area contributed by atoms with E-state index in [-0.39, 0.29) is 6.17 Å². The van der Waals surface area contributed by atoms with Gasteiger partial charge in [0.2, 0.25) is 0 Å². The minimum Gasteiger partial charge on any atom is -0.381 e. The molecule has 0 heterocycles. The minimum absolute atomic E-state index is 0.0895. The van der Waals surface area contributed by atoms with Crippen LogP contribution in [0.1, 0.15) is 50.5 Å². The molecular formula is C24H34ClN3O. The van der Waals surface area contributed by atoms with Gasteiger partial charge < -0.3 is 10.1 Å². The number of aryl methyl sites for hydroxylation is 1. The monoisotopic (exact) mass is 415 g/mol. The molecule has 0 aromatic heterocycles. The van der Waals surface area contributed by atoms with Crippen molar-refractivity contribution in [2.45, 2.75) is 69.7 Å². The molecule has 0 bridgehead atoms. The van der Waals surface area contributed by atoms with Gasteiger partial charge in [-0.05, 0) is 68.5 Å². The molecule has 0 radical (unpaired) electrons. The van der Waals surface area contributed by atoms with Gasteiger partial charge in [-0.3, -0.25) is 10.3 Å². The zero-order valence-corrected chi connectivity index (χ0v) is 18.2. The van der Waals surface area contributed by atoms with Gasteiger partial charge in [-0.2, -0.15) is 0 Å². The van der Waals surface area contributed by atoms with Crippen molar-refractivity contribution >= 4 is 16.9 Å². The number of nitrogens with zero attached hydrogens (tertiary/aromatic N) is 1. The summed E-state index contributed by atoms with van der Waals surface area (Å²) in [6, 6.07) is 10.9. The molecule has 5 heteroatoms. The number of halogens is 1. The molecule has 2 N–H and O–H groups in total. The van der Waals surface area contributed by atoms with E-state index in [4.69, 9.17) is 21.3 Å². The molecule has 158 valence electrons. The predicted octanol–water partition coefficient (Wildman–Crippen LogP) is 4.95. The molecule has 0 spiro atoms. The number of amidine groups is 1. The zero-order valence-electron chi connectivity index (χ0n) is 17.4. The fourth-order valence-electron chi connectivity index (χ4n) is 3.91. The Hall–Kier alpha value is -1.62. The molecule has 3 atom stereocenters. The van der Waals surface area contributed by atoms with E-state index < -0.39 is 0 Å². The molecule has 1 aromatic carbocycles. The molecule has 0 saturated carbocycles. The number of methoxy groups -OCH3 is 1.